The van der Waals surface area contributed by atoms with Crippen molar-refractivity contribution in [1.82, 2.24) is 4.98 Å². The van der Waals surface area contributed by atoms with E-state index in [-0.39, 0.29) is 0 Å². The molecule has 0 bridgehead atoms. The molecule has 0 saturated carbocycles. The van der Waals surface area contributed by atoms with Gasteiger partial charge in [-0.15, -0.1) is 0 Å². The number of hydrogen-bond donors (Lipinski definition) is 1. The number of hydrogen-bond acceptors (Lipinski definition) is 2. The smallest absolute Gasteiger partial charge is 0.0708 e. The molecule has 0 amide bonds. The minimum Gasteiger partial charge on any atom is -0.253 e. The van der Waals surface area contributed by atoms with Gasteiger partial charge in [0.15, 0.2) is 0 Å². The SMILES string of the molecule is CC(C)c1ccc2nc(C(C)C)cc(CS)c2c1. The van der Waals surface area contributed by atoms with Crippen molar-refractivity contribution in [3.63, 3.8) is 0 Å². The standard InChI is InChI=1S/C16H21NS/c1-10(2)12-5-6-15-14(7-12)13(9-18)8-16(17-15)11(3)4/h5-8,10-11,18H,9H2,1-4H3. The molecular weight excluding hydrogens is 238 g/mol. The molecule has 0 aliphatic carbocycles. The fourth-order valence-electron chi connectivity index (χ4n) is 2.12. The van der Waals surface area contributed by atoms with Gasteiger partial charge in [0, 0.05) is 16.8 Å². The number of aromatic nitrogens is 1. The largest absolute Gasteiger partial charge is 0.253 e. The molecule has 0 radical (unpaired) electrons. The maximum absolute atomic E-state index is 4.75. The van der Waals surface area contributed by atoms with Crippen molar-refractivity contribution in [3.8, 4) is 0 Å². The predicted molar refractivity (Wildman–Crippen MR) is 82.6 cm³/mol. The number of fused-ring (bicyclic) bond motifs is 1. The van der Waals surface area contributed by atoms with Gasteiger partial charge in [0.2, 0.25) is 0 Å². The molecule has 0 atom stereocenters. The first-order valence-corrected chi connectivity index (χ1v) is 7.20. The molecule has 1 heterocycles. The highest BCUT2D eigenvalue weighted by atomic mass is 32.1. The van der Waals surface area contributed by atoms with E-state index < -0.39 is 0 Å². The van der Waals surface area contributed by atoms with E-state index in [0.717, 1.165) is 17.0 Å². The zero-order valence-corrected chi connectivity index (χ0v) is 12.5. The summed E-state index contributed by atoms with van der Waals surface area (Å²) in [6.07, 6.45) is 0. The topological polar surface area (TPSA) is 12.9 Å². The number of nitrogens with zero attached hydrogens (tertiary/aromatic N) is 1. The first-order chi connectivity index (χ1) is 8.52. The molecule has 96 valence electrons. The van der Waals surface area contributed by atoms with Crippen molar-refractivity contribution < 1.29 is 0 Å². The van der Waals surface area contributed by atoms with E-state index in [2.05, 4.69) is 64.6 Å². The van der Waals surface area contributed by atoms with Crippen LogP contribution < -0.4 is 0 Å². The van der Waals surface area contributed by atoms with E-state index >= 15 is 0 Å². The highest BCUT2D eigenvalue weighted by molar-refractivity contribution is 7.79. The lowest BCUT2D eigenvalue weighted by Crippen LogP contribution is -1.97. The Morgan fingerprint density at radius 3 is 2.33 bits per heavy atom. The maximum atomic E-state index is 4.75. The summed E-state index contributed by atoms with van der Waals surface area (Å²) in [5.41, 5.74) is 4.90. The zero-order valence-electron chi connectivity index (χ0n) is 11.6. The van der Waals surface area contributed by atoms with Crippen LogP contribution in [-0.4, -0.2) is 4.98 Å². The van der Waals surface area contributed by atoms with Crippen molar-refractivity contribution >= 4 is 23.5 Å². The Morgan fingerprint density at radius 1 is 1.06 bits per heavy atom. The van der Waals surface area contributed by atoms with Gasteiger partial charge in [-0.25, -0.2) is 0 Å². The van der Waals surface area contributed by atoms with Crippen molar-refractivity contribution in [1.29, 1.82) is 0 Å². The fourth-order valence-corrected chi connectivity index (χ4v) is 2.38. The molecule has 2 aromatic rings. The third kappa shape index (κ3) is 2.54. The Bertz CT molecular complexity index is 558. The van der Waals surface area contributed by atoms with Crippen LogP contribution in [0.3, 0.4) is 0 Å². The quantitative estimate of drug-likeness (QED) is 0.773. The van der Waals surface area contributed by atoms with Gasteiger partial charge in [-0.2, -0.15) is 12.6 Å². The molecule has 0 fully saturated rings. The second kappa shape index (κ2) is 5.31. The first-order valence-electron chi connectivity index (χ1n) is 6.57. The molecule has 0 unspecified atom stereocenters. The fraction of sp³-hybridized carbons (Fsp3) is 0.438. The van der Waals surface area contributed by atoms with Crippen LogP contribution >= 0.6 is 12.6 Å². The summed E-state index contributed by atoms with van der Waals surface area (Å²) < 4.78 is 0. The van der Waals surface area contributed by atoms with Gasteiger partial charge < -0.3 is 0 Å². The molecule has 1 nitrogen and oxygen atoms in total. The molecule has 2 heteroatoms. The second-order valence-corrected chi connectivity index (χ2v) is 5.77. The van der Waals surface area contributed by atoms with E-state index in [1.807, 2.05) is 0 Å². The van der Waals surface area contributed by atoms with Gasteiger partial charge in [0.25, 0.3) is 0 Å². The summed E-state index contributed by atoms with van der Waals surface area (Å²) >= 11 is 4.46. The number of pyridine rings is 1. The number of thiol groups is 1. The van der Waals surface area contributed by atoms with Crippen LogP contribution in [-0.2, 0) is 5.75 Å². The summed E-state index contributed by atoms with van der Waals surface area (Å²) in [5, 5.41) is 1.25. The van der Waals surface area contributed by atoms with Crippen molar-refractivity contribution in [2.45, 2.75) is 45.3 Å². The molecule has 0 spiro atoms. The van der Waals surface area contributed by atoms with Gasteiger partial charge in [0.05, 0.1) is 5.52 Å². The highest BCUT2D eigenvalue weighted by Gasteiger charge is 2.09. The number of benzene rings is 1. The second-order valence-electron chi connectivity index (χ2n) is 5.45. The summed E-state index contributed by atoms with van der Waals surface area (Å²) in [6, 6.07) is 8.79. The van der Waals surface area contributed by atoms with Crippen LogP contribution in [0.5, 0.6) is 0 Å². The lowest BCUT2D eigenvalue weighted by atomic mass is 9.98. The first kappa shape index (κ1) is 13.4. The average molecular weight is 259 g/mol. The van der Waals surface area contributed by atoms with Gasteiger partial charge in [0.1, 0.15) is 0 Å². The van der Waals surface area contributed by atoms with E-state index in [9.17, 15) is 0 Å². The molecule has 1 aromatic carbocycles. The molecule has 2 rings (SSSR count). The molecule has 0 N–H and O–H groups in total. The molecule has 0 saturated heterocycles. The van der Waals surface area contributed by atoms with Crippen molar-refractivity contribution in [2.75, 3.05) is 0 Å². The Hall–Kier alpha value is -1.02. The Morgan fingerprint density at radius 2 is 1.78 bits per heavy atom. The normalized spacial score (nSPS) is 11.7. The van der Waals surface area contributed by atoms with Gasteiger partial charge in [-0.05, 0) is 41.2 Å². The van der Waals surface area contributed by atoms with Crippen LogP contribution in [0.25, 0.3) is 10.9 Å². The predicted octanol–water partition coefficient (Wildman–Crippen LogP) is 4.91. The zero-order chi connectivity index (χ0) is 13.3. The molecule has 0 aliphatic rings. The van der Waals surface area contributed by atoms with Gasteiger partial charge in [-0.3, -0.25) is 4.98 Å². The van der Waals surface area contributed by atoms with Crippen LogP contribution in [0.15, 0.2) is 24.3 Å². The van der Waals surface area contributed by atoms with Crippen LogP contribution in [0.1, 0.15) is 56.4 Å². The lowest BCUT2D eigenvalue weighted by molar-refractivity contribution is 0.827. The highest BCUT2D eigenvalue weighted by Crippen LogP contribution is 2.26. The van der Waals surface area contributed by atoms with E-state index in [1.54, 1.807) is 0 Å². The molecule has 0 aliphatic heterocycles. The number of rotatable bonds is 3. The van der Waals surface area contributed by atoms with Crippen molar-refractivity contribution in [2.24, 2.45) is 0 Å². The third-order valence-corrected chi connectivity index (χ3v) is 3.71. The third-order valence-electron chi connectivity index (χ3n) is 3.37. The summed E-state index contributed by atoms with van der Waals surface area (Å²) in [4.78, 5) is 4.75. The molecule has 1 aromatic heterocycles. The Labute approximate surface area is 115 Å². The summed E-state index contributed by atoms with van der Waals surface area (Å²) in [7, 11) is 0. The van der Waals surface area contributed by atoms with Crippen LogP contribution in [0.4, 0.5) is 0 Å². The Balaban J connectivity index is 2.67. The van der Waals surface area contributed by atoms with Crippen LogP contribution in [0.2, 0.25) is 0 Å². The summed E-state index contributed by atoms with van der Waals surface area (Å²) in [6.45, 7) is 8.80. The minimum atomic E-state index is 0.456. The maximum Gasteiger partial charge on any atom is 0.0708 e. The van der Waals surface area contributed by atoms with Gasteiger partial charge in [-0.1, -0.05) is 33.8 Å². The van der Waals surface area contributed by atoms with Crippen LogP contribution in [0, 0.1) is 0 Å². The Kier molecular flexibility index (Phi) is 3.96. The lowest BCUT2D eigenvalue weighted by Gasteiger charge is -2.13. The van der Waals surface area contributed by atoms with E-state index in [1.165, 1.54) is 16.5 Å². The van der Waals surface area contributed by atoms with E-state index in [4.69, 9.17) is 4.98 Å². The van der Waals surface area contributed by atoms with Gasteiger partial charge >= 0.3 is 0 Å². The summed E-state index contributed by atoms with van der Waals surface area (Å²) in [5.74, 6) is 1.77. The van der Waals surface area contributed by atoms with Crippen molar-refractivity contribution in [3.05, 3.63) is 41.1 Å². The monoisotopic (exact) mass is 259 g/mol. The minimum absolute atomic E-state index is 0.456. The molecular formula is C16H21NS. The van der Waals surface area contributed by atoms with E-state index in [0.29, 0.717) is 11.8 Å². The average Bonchev–Trinajstić information content (AvgIpc) is 2.36. The molecule has 18 heavy (non-hydrogen) atoms.